The molecule has 0 bridgehead atoms. The Morgan fingerprint density at radius 2 is 2.04 bits per heavy atom. The van der Waals surface area contributed by atoms with E-state index in [-0.39, 0.29) is 18.1 Å². The number of fused-ring (bicyclic) bond motifs is 1. The molecule has 128 valence electrons. The maximum Gasteiger partial charge on any atom is 0.259 e. The second-order valence-corrected chi connectivity index (χ2v) is 6.79. The SMILES string of the molecule is Cc1ccn2ncc(C(=O)N3CCN([C@H]4CCC[C@@H]4O)CC3)c2n1. The van der Waals surface area contributed by atoms with Gasteiger partial charge in [-0.15, -0.1) is 0 Å². The summed E-state index contributed by atoms with van der Waals surface area (Å²) in [5.74, 6) is -0.00489. The Morgan fingerprint density at radius 3 is 2.75 bits per heavy atom. The smallest absolute Gasteiger partial charge is 0.259 e. The summed E-state index contributed by atoms with van der Waals surface area (Å²) in [6.07, 6.45) is 6.28. The molecule has 2 aromatic heterocycles. The summed E-state index contributed by atoms with van der Waals surface area (Å²) in [6, 6.07) is 2.14. The van der Waals surface area contributed by atoms with Gasteiger partial charge in [0, 0.05) is 44.1 Å². The van der Waals surface area contributed by atoms with Crippen molar-refractivity contribution in [3.63, 3.8) is 0 Å². The molecule has 24 heavy (non-hydrogen) atoms. The van der Waals surface area contributed by atoms with E-state index in [4.69, 9.17) is 0 Å². The molecule has 3 heterocycles. The number of aryl methyl sites for hydroxylation is 1. The van der Waals surface area contributed by atoms with Gasteiger partial charge in [0.05, 0.1) is 12.3 Å². The Morgan fingerprint density at radius 1 is 1.25 bits per heavy atom. The van der Waals surface area contributed by atoms with Crippen molar-refractivity contribution in [1.82, 2.24) is 24.4 Å². The van der Waals surface area contributed by atoms with Crippen LogP contribution in [0.5, 0.6) is 0 Å². The van der Waals surface area contributed by atoms with Crippen molar-refractivity contribution >= 4 is 11.6 Å². The summed E-state index contributed by atoms with van der Waals surface area (Å²) < 4.78 is 1.64. The Bertz CT molecular complexity index is 751. The summed E-state index contributed by atoms with van der Waals surface area (Å²) in [4.78, 5) is 21.5. The Balaban J connectivity index is 1.47. The Labute approximate surface area is 140 Å². The van der Waals surface area contributed by atoms with Gasteiger partial charge in [-0.1, -0.05) is 0 Å². The number of aromatic nitrogens is 3. The molecule has 0 unspecified atom stereocenters. The highest BCUT2D eigenvalue weighted by Gasteiger charge is 2.33. The van der Waals surface area contributed by atoms with Crippen LogP contribution in [0.2, 0.25) is 0 Å². The molecule has 0 aromatic carbocycles. The highest BCUT2D eigenvalue weighted by atomic mass is 16.3. The minimum absolute atomic E-state index is 0.00489. The zero-order chi connectivity index (χ0) is 16.7. The van der Waals surface area contributed by atoms with E-state index in [9.17, 15) is 9.90 Å². The number of aliphatic hydroxyl groups excluding tert-OH is 1. The number of hydrogen-bond donors (Lipinski definition) is 1. The molecule has 1 aliphatic carbocycles. The Kier molecular flexibility index (Phi) is 3.97. The fourth-order valence-corrected chi connectivity index (χ4v) is 3.88. The second kappa shape index (κ2) is 6.14. The Hall–Kier alpha value is -1.99. The molecule has 7 nitrogen and oxygen atoms in total. The molecule has 2 atom stereocenters. The average molecular weight is 329 g/mol. The van der Waals surface area contributed by atoms with Crippen LogP contribution in [0.25, 0.3) is 5.65 Å². The molecule has 0 spiro atoms. The number of rotatable bonds is 2. The fourth-order valence-electron chi connectivity index (χ4n) is 3.88. The lowest BCUT2D eigenvalue weighted by atomic mass is 10.1. The molecular weight excluding hydrogens is 306 g/mol. The van der Waals surface area contributed by atoms with E-state index in [0.717, 1.165) is 38.0 Å². The third-order valence-corrected chi connectivity index (χ3v) is 5.25. The van der Waals surface area contributed by atoms with Gasteiger partial charge in [-0.2, -0.15) is 5.10 Å². The lowest BCUT2D eigenvalue weighted by molar-refractivity contribution is 0.0316. The molecule has 2 aromatic rings. The normalized spacial score (nSPS) is 25.5. The van der Waals surface area contributed by atoms with Gasteiger partial charge >= 0.3 is 0 Å². The quantitative estimate of drug-likeness (QED) is 0.878. The van der Waals surface area contributed by atoms with Gasteiger partial charge in [0.15, 0.2) is 5.65 Å². The number of hydrogen-bond acceptors (Lipinski definition) is 5. The van der Waals surface area contributed by atoms with Crippen molar-refractivity contribution in [1.29, 1.82) is 0 Å². The minimum atomic E-state index is -0.209. The van der Waals surface area contributed by atoms with Crippen molar-refractivity contribution in [2.45, 2.75) is 38.3 Å². The number of aliphatic hydroxyl groups is 1. The van der Waals surface area contributed by atoms with Gasteiger partial charge in [-0.05, 0) is 32.3 Å². The third-order valence-electron chi connectivity index (χ3n) is 5.25. The van der Waals surface area contributed by atoms with Crippen molar-refractivity contribution < 1.29 is 9.90 Å². The topological polar surface area (TPSA) is 74.0 Å². The highest BCUT2D eigenvalue weighted by molar-refractivity contribution is 5.99. The first-order valence-corrected chi connectivity index (χ1v) is 8.66. The fraction of sp³-hybridized carbons (Fsp3) is 0.588. The molecule has 1 aliphatic heterocycles. The molecule has 1 amide bonds. The molecule has 2 aliphatic rings. The van der Waals surface area contributed by atoms with Crippen molar-refractivity contribution in [2.24, 2.45) is 0 Å². The number of carbonyl (C=O) groups excluding carboxylic acids is 1. The summed E-state index contributed by atoms with van der Waals surface area (Å²) in [5, 5.41) is 14.3. The first-order valence-electron chi connectivity index (χ1n) is 8.66. The second-order valence-electron chi connectivity index (χ2n) is 6.79. The number of nitrogens with zero attached hydrogens (tertiary/aromatic N) is 5. The lowest BCUT2D eigenvalue weighted by Gasteiger charge is -2.39. The van der Waals surface area contributed by atoms with Crippen LogP contribution in [0.3, 0.4) is 0 Å². The van der Waals surface area contributed by atoms with E-state index < -0.39 is 0 Å². The largest absolute Gasteiger partial charge is 0.391 e. The van der Waals surface area contributed by atoms with Crippen LogP contribution in [0.1, 0.15) is 35.3 Å². The van der Waals surface area contributed by atoms with Crippen molar-refractivity contribution in [2.75, 3.05) is 26.2 Å². The van der Waals surface area contributed by atoms with E-state index >= 15 is 0 Å². The molecule has 0 radical (unpaired) electrons. The zero-order valence-corrected chi connectivity index (χ0v) is 13.9. The van der Waals surface area contributed by atoms with Gasteiger partial charge < -0.3 is 10.0 Å². The van der Waals surface area contributed by atoms with E-state index in [0.29, 0.717) is 24.3 Å². The number of amides is 1. The van der Waals surface area contributed by atoms with E-state index in [1.165, 1.54) is 0 Å². The van der Waals surface area contributed by atoms with Crippen molar-refractivity contribution in [3.05, 3.63) is 29.7 Å². The van der Waals surface area contributed by atoms with Crippen LogP contribution in [0.4, 0.5) is 0 Å². The predicted octanol–water partition coefficient (Wildman–Crippen LogP) is 0.709. The van der Waals surface area contributed by atoms with Crippen LogP contribution in [-0.4, -0.2) is 73.7 Å². The summed E-state index contributed by atoms with van der Waals surface area (Å²) in [6.45, 7) is 4.92. The molecule has 1 saturated carbocycles. The first kappa shape index (κ1) is 15.5. The maximum atomic E-state index is 12.8. The van der Waals surface area contributed by atoms with E-state index in [2.05, 4.69) is 15.0 Å². The highest BCUT2D eigenvalue weighted by Crippen LogP contribution is 2.25. The van der Waals surface area contributed by atoms with Crippen LogP contribution >= 0.6 is 0 Å². The van der Waals surface area contributed by atoms with Crippen molar-refractivity contribution in [3.8, 4) is 0 Å². The molecule has 2 fully saturated rings. The summed E-state index contributed by atoms with van der Waals surface area (Å²) in [5.41, 5.74) is 2.05. The average Bonchev–Trinajstić information content (AvgIpc) is 3.20. The third kappa shape index (κ3) is 2.67. The summed E-state index contributed by atoms with van der Waals surface area (Å²) in [7, 11) is 0. The molecule has 7 heteroatoms. The van der Waals surface area contributed by atoms with Gasteiger partial charge in [-0.25, -0.2) is 9.50 Å². The van der Waals surface area contributed by atoms with Gasteiger partial charge in [-0.3, -0.25) is 9.69 Å². The monoisotopic (exact) mass is 329 g/mol. The van der Waals surface area contributed by atoms with Gasteiger partial charge in [0.1, 0.15) is 5.56 Å². The first-order chi connectivity index (χ1) is 11.6. The number of carbonyl (C=O) groups is 1. The molecular formula is C17H23N5O2. The summed E-state index contributed by atoms with van der Waals surface area (Å²) >= 11 is 0. The van der Waals surface area contributed by atoms with E-state index in [1.54, 1.807) is 10.7 Å². The van der Waals surface area contributed by atoms with Gasteiger partial charge in [0.25, 0.3) is 5.91 Å². The zero-order valence-electron chi connectivity index (χ0n) is 13.9. The van der Waals surface area contributed by atoms with Crippen LogP contribution in [0, 0.1) is 6.92 Å². The number of piperazine rings is 1. The standard InChI is InChI=1S/C17H23N5O2/c1-12-5-6-22-16(19-12)13(11-18-22)17(24)21-9-7-20(8-10-21)14-3-2-4-15(14)23/h5-6,11,14-15,23H,2-4,7-10H2,1H3/t14-,15-/m0/s1. The molecule has 1 saturated heterocycles. The predicted molar refractivity (Wildman–Crippen MR) is 88.8 cm³/mol. The van der Waals surface area contributed by atoms with Gasteiger partial charge in [0.2, 0.25) is 0 Å². The molecule has 1 N–H and O–H groups in total. The van der Waals surface area contributed by atoms with Crippen LogP contribution < -0.4 is 0 Å². The maximum absolute atomic E-state index is 12.8. The lowest BCUT2D eigenvalue weighted by Crippen LogP contribution is -2.53. The molecule has 4 rings (SSSR count). The van der Waals surface area contributed by atoms with Crippen LogP contribution in [-0.2, 0) is 0 Å². The minimum Gasteiger partial charge on any atom is -0.391 e. The van der Waals surface area contributed by atoms with Crippen LogP contribution in [0.15, 0.2) is 18.5 Å². The van der Waals surface area contributed by atoms with E-state index in [1.807, 2.05) is 24.1 Å².